The van der Waals surface area contributed by atoms with Crippen LogP contribution in [-0.2, 0) is 9.57 Å². The third-order valence-corrected chi connectivity index (χ3v) is 0.608. The Hall–Kier alpha value is -0.160. The summed E-state index contributed by atoms with van der Waals surface area (Å²) in [4.78, 5) is 4.22. The normalized spacial score (nSPS) is 9.75. The van der Waals surface area contributed by atoms with Crippen LogP contribution >= 0.6 is 0 Å². The number of hydrogen-bond donors (Lipinski definition) is 2. The number of ether oxygens (including phenoxy) is 1. The van der Waals surface area contributed by atoms with Crippen molar-refractivity contribution < 1.29 is 9.57 Å². The second-order valence-corrected chi connectivity index (χ2v) is 1.27. The molecule has 0 fully saturated rings. The highest BCUT2D eigenvalue weighted by molar-refractivity contribution is 4.29. The summed E-state index contributed by atoms with van der Waals surface area (Å²) in [5, 5.41) is 0. The van der Waals surface area contributed by atoms with Crippen molar-refractivity contribution in [2.45, 2.75) is 0 Å². The van der Waals surface area contributed by atoms with Crippen molar-refractivity contribution in [3.05, 3.63) is 0 Å². The number of hydrogen-bond acceptors (Lipinski definition) is 4. The zero-order chi connectivity index (χ0) is 6.24. The Labute approximate surface area is 48.7 Å². The van der Waals surface area contributed by atoms with E-state index in [2.05, 4.69) is 4.84 Å². The summed E-state index contributed by atoms with van der Waals surface area (Å²) in [6, 6.07) is 0. The van der Waals surface area contributed by atoms with E-state index in [1.807, 2.05) is 0 Å². The number of nitrogens with two attached hydrogens (primary N) is 2. The third-order valence-electron chi connectivity index (χ3n) is 0.608. The van der Waals surface area contributed by atoms with Crippen molar-refractivity contribution in [1.29, 1.82) is 0 Å². The van der Waals surface area contributed by atoms with E-state index in [1.165, 1.54) is 0 Å². The van der Waals surface area contributed by atoms with Crippen molar-refractivity contribution in [3.63, 3.8) is 0 Å². The molecule has 0 atom stereocenters. The first-order valence-corrected chi connectivity index (χ1v) is 2.51. The van der Waals surface area contributed by atoms with Crippen LogP contribution in [-0.4, -0.2) is 26.4 Å². The Bertz CT molecular complexity index is 37.0. The highest BCUT2D eigenvalue weighted by atomic mass is 16.6. The van der Waals surface area contributed by atoms with E-state index < -0.39 is 0 Å². The van der Waals surface area contributed by atoms with Crippen LogP contribution in [0.3, 0.4) is 0 Å². The molecule has 0 aliphatic heterocycles. The van der Waals surface area contributed by atoms with Crippen LogP contribution in [0.4, 0.5) is 0 Å². The summed E-state index contributed by atoms with van der Waals surface area (Å²) in [6.07, 6.45) is 0. The van der Waals surface area contributed by atoms with Crippen LogP contribution in [0.2, 0.25) is 0 Å². The van der Waals surface area contributed by atoms with Gasteiger partial charge < -0.3 is 15.3 Å². The second kappa shape index (κ2) is 6.84. The van der Waals surface area contributed by atoms with Gasteiger partial charge in [-0.25, -0.2) is 5.90 Å². The molecule has 0 aliphatic carbocycles. The first-order chi connectivity index (χ1) is 3.91. The average molecular weight is 120 g/mol. The van der Waals surface area contributed by atoms with Crippen molar-refractivity contribution in [2.75, 3.05) is 26.4 Å². The largest absolute Gasteiger partial charge is 0.378 e. The van der Waals surface area contributed by atoms with E-state index in [1.54, 1.807) is 0 Å². The van der Waals surface area contributed by atoms with Gasteiger partial charge in [-0.15, -0.1) is 0 Å². The van der Waals surface area contributed by atoms with Crippen LogP contribution in [0.1, 0.15) is 0 Å². The van der Waals surface area contributed by atoms with E-state index in [4.69, 9.17) is 16.4 Å². The lowest BCUT2D eigenvalue weighted by atomic mass is 10.7. The quantitative estimate of drug-likeness (QED) is 0.355. The third kappa shape index (κ3) is 5.84. The topological polar surface area (TPSA) is 70.5 Å². The van der Waals surface area contributed by atoms with Gasteiger partial charge in [-0.1, -0.05) is 0 Å². The van der Waals surface area contributed by atoms with Gasteiger partial charge in [0, 0.05) is 6.54 Å². The summed E-state index contributed by atoms with van der Waals surface area (Å²) < 4.78 is 4.89. The van der Waals surface area contributed by atoms with Gasteiger partial charge in [-0.05, 0) is 0 Å². The molecule has 0 spiro atoms. The minimum Gasteiger partial charge on any atom is -0.378 e. The second-order valence-electron chi connectivity index (χ2n) is 1.27. The van der Waals surface area contributed by atoms with Crippen LogP contribution in [0, 0.1) is 0 Å². The molecule has 4 heteroatoms. The molecular formula is C4H12N2O2. The summed E-state index contributed by atoms with van der Waals surface area (Å²) in [7, 11) is 0. The molecule has 0 aromatic carbocycles. The Morgan fingerprint density at radius 1 is 1.12 bits per heavy atom. The average Bonchev–Trinajstić information content (AvgIpc) is 1.81. The molecule has 0 saturated heterocycles. The molecule has 0 bridgehead atoms. The predicted molar refractivity (Wildman–Crippen MR) is 30.0 cm³/mol. The molecule has 0 aromatic heterocycles. The fraction of sp³-hybridized carbons (Fsp3) is 1.00. The van der Waals surface area contributed by atoms with Gasteiger partial charge in [-0.2, -0.15) is 0 Å². The van der Waals surface area contributed by atoms with E-state index in [0.29, 0.717) is 26.4 Å². The van der Waals surface area contributed by atoms with E-state index in [0.717, 1.165) is 0 Å². The zero-order valence-corrected chi connectivity index (χ0v) is 4.80. The SMILES string of the molecule is NCCOCCON. The lowest BCUT2D eigenvalue weighted by Crippen LogP contribution is -2.13. The van der Waals surface area contributed by atoms with Gasteiger partial charge in [-0.3, -0.25) is 0 Å². The molecule has 0 aliphatic rings. The molecule has 4 N–H and O–H groups in total. The predicted octanol–water partition coefficient (Wildman–Crippen LogP) is -1.15. The van der Waals surface area contributed by atoms with Crippen molar-refractivity contribution in [2.24, 2.45) is 11.6 Å². The zero-order valence-electron chi connectivity index (χ0n) is 4.80. The first kappa shape index (κ1) is 7.84. The van der Waals surface area contributed by atoms with Gasteiger partial charge in [0.05, 0.1) is 19.8 Å². The highest BCUT2D eigenvalue weighted by Gasteiger charge is 1.82. The molecule has 0 aromatic rings. The molecule has 4 nitrogen and oxygen atoms in total. The lowest BCUT2D eigenvalue weighted by Gasteiger charge is -1.98. The Kier molecular flexibility index (Phi) is 6.70. The first-order valence-electron chi connectivity index (χ1n) is 2.51. The minimum atomic E-state index is 0.431. The maximum absolute atomic E-state index is 5.11. The van der Waals surface area contributed by atoms with Crippen molar-refractivity contribution in [1.82, 2.24) is 0 Å². The fourth-order valence-electron chi connectivity index (χ4n) is 0.292. The minimum absolute atomic E-state index is 0.431. The fourth-order valence-corrected chi connectivity index (χ4v) is 0.292. The van der Waals surface area contributed by atoms with Crippen LogP contribution in [0.15, 0.2) is 0 Å². The Morgan fingerprint density at radius 2 is 1.88 bits per heavy atom. The highest BCUT2D eigenvalue weighted by Crippen LogP contribution is 1.70. The molecule has 50 valence electrons. The molecule has 0 radical (unpaired) electrons. The summed E-state index contributed by atoms with van der Waals surface area (Å²) >= 11 is 0. The van der Waals surface area contributed by atoms with Gasteiger partial charge >= 0.3 is 0 Å². The monoisotopic (exact) mass is 120 g/mol. The molecule has 0 saturated carbocycles. The molecule has 0 heterocycles. The van der Waals surface area contributed by atoms with E-state index >= 15 is 0 Å². The van der Waals surface area contributed by atoms with Crippen molar-refractivity contribution >= 4 is 0 Å². The molecule has 0 rings (SSSR count). The van der Waals surface area contributed by atoms with Gasteiger partial charge in [0.15, 0.2) is 0 Å². The molecular weight excluding hydrogens is 108 g/mol. The maximum atomic E-state index is 5.11. The van der Waals surface area contributed by atoms with Crippen LogP contribution in [0.5, 0.6) is 0 Å². The van der Waals surface area contributed by atoms with Crippen LogP contribution < -0.4 is 11.6 Å². The molecule has 0 amide bonds. The summed E-state index contributed by atoms with van der Waals surface area (Å²) in [5.74, 6) is 4.70. The maximum Gasteiger partial charge on any atom is 0.0913 e. The number of rotatable bonds is 5. The Morgan fingerprint density at radius 3 is 2.38 bits per heavy atom. The van der Waals surface area contributed by atoms with Crippen LogP contribution in [0.25, 0.3) is 0 Å². The van der Waals surface area contributed by atoms with E-state index in [9.17, 15) is 0 Å². The summed E-state index contributed by atoms with van der Waals surface area (Å²) in [5.41, 5.74) is 5.11. The van der Waals surface area contributed by atoms with Crippen molar-refractivity contribution in [3.8, 4) is 0 Å². The van der Waals surface area contributed by atoms with E-state index in [-0.39, 0.29) is 0 Å². The smallest absolute Gasteiger partial charge is 0.0913 e. The van der Waals surface area contributed by atoms with Gasteiger partial charge in [0.2, 0.25) is 0 Å². The molecule has 0 unspecified atom stereocenters. The standard InChI is InChI=1S/C4H12N2O2/c5-1-2-7-3-4-8-6/h1-6H2. The lowest BCUT2D eigenvalue weighted by molar-refractivity contribution is 0.0508. The summed E-state index contributed by atoms with van der Waals surface area (Å²) in [6.45, 7) is 2.07. The Balaban J connectivity index is 2.53. The van der Waals surface area contributed by atoms with Gasteiger partial charge in [0.1, 0.15) is 0 Å². The van der Waals surface area contributed by atoms with Gasteiger partial charge in [0.25, 0.3) is 0 Å². The molecule has 8 heavy (non-hydrogen) atoms.